The molecule has 5 heterocycles. The molecule has 0 aromatic carbocycles. The van der Waals surface area contributed by atoms with Gasteiger partial charge < -0.3 is 9.97 Å². The molecule has 3 aromatic rings. The van der Waals surface area contributed by atoms with Crippen molar-refractivity contribution in [3.05, 3.63) is 68.2 Å². The summed E-state index contributed by atoms with van der Waals surface area (Å²) >= 11 is 7.54. The van der Waals surface area contributed by atoms with E-state index in [0.29, 0.717) is 0 Å². The molecule has 8 bridgehead atoms. The van der Waals surface area contributed by atoms with Crippen molar-refractivity contribution < 1.29 is 0 Å². The predicted molar refractivity (Wildman–Crippen MR) is 142 cm³/mol. The first-order chi connectivity index (χ1) is 15.2. The van der Waals surface area contributed by atoms with Crippen LogP contribution in [0.1, 0.15) is 60.2 Å². The lowest BCUT2D eigenvalue weighted by atomic mass is 10.1. The number of aromatic amines is 2. The normalized spacial score (nSPS) is 14.0. The fourth-order valence-electron chi connectivity index (χ4n) is 4.20. The number of fused-ring (bicyclic) bond motifs is 8. The van der Waals surface area contributed by atoms with Crippen LogP contribution < -0.4 is 0 Å². The number of hydrogen-bond acceptors (Lipinski definition) is 2. The monoisotopic (exact) mass is 550 g/mol. The van der Waals surface area contributed by atoms with Crippen molar-refractivity contribution in [2.45, 2.75) is 41.5 Å². The van der Waals surface area contributed by atoms with Gasteiger partial charge in [0.1, 0.15) is 0 Å². The van der Waals surface area contributed by atoms with E-state index in [2.05, 4.69) is 108 Å². The predicted octanol–water partition coefficient (Wildman–Crippen LogP) is 8.24. The summed E-state index contributed by atoms with van der Waals surface area (Å²) < 4.78 is 2.06. The lowest BCUT2D eigenvalue weighted by molar-refractivity contribution is 1.29. The number of aromatic nitrogens is 4. The molecule has 4 nitrogen and oxygen atoms in total. The Morgan fingerprint density at radius 3 is 1.53 bits per heavy atom. The highest BCUT2D eigenvalue weighted by Gasteiger charge is 2.17. The van der Waals surface area contributed by atoms with Crippen molar-refractivity contribution in [2.24, 2.45) is 0 Å². The number of halogens is 2. The summed E-state index contributed by atoms with van der Waals surface area (Å²) in [4.78, 5) is 17.1. The fourth-order valence-corrected chi connectivity index (χ4v) is 5.03. The summed E-state index contributed by atoms with van der Waals surface area (Å²) in [5, 5.41) is 0. The van der Waals surface area contributed by atoms with Gasteiger partial charge in [-0.05, 0) is 131 Å². The van der Waals surface area contributed by atoms with Gasteiger partial charge in [0.15, 0.2) is 0 Å². The SMILES string of the molecule is CC1=C(C)c2cc3[nH]c(cc4nc(cc5[nH]c(cc1n2)c(C)c5C)C(Br)=C4C)c(Br)c3C. The van der Waals surface area contributed by atoms with E-state index in [9.17, 15) is 0 Å². The van der Waals surface area contributed by atoms with Crippen LogP contribution in [0.4, 0.5) is 0 Å². The molecule has 6 heteroatoms. The molecule has 0 radical (unpaired) electrons. The Kier molecular flexibility index (Phi) is 5.06. The third kappa shape index (κ3) is 3.23. The minimum absolute atomic E-state index is 0.920. The molecule has 0 saturated heterocycles. The molecular formula is C26H24Br2N4. The molecule has 3 aromatic heterocycles. The average Bonchev–Trinajstić information content (AvgIpc) is 3.37. The van der Waals surface area contributed by atoms with Gasteiger partial charge in [-0.3, -0.25) is 0 Å². The number of nitrogens with zero attached hydrogens (tertiary/aromatic N) is 2. The molecule has 0 aliphatic carbocycles. The van der Waals surface area contributed by atoms with Crippen molar-refractivity contribution in [3.63, 3.8) is 0 Å². The number of aryl methyl sites for hydroxylation is 3. The van der Waals surface area contributed by atoms with E-state index < -0.39 is 0 Å². The van der Waals surface area contributed by atoms with Crippen LogP contribution in [0.3, 0.4) is 0 Å². The molecule has 0 spiro atoms. The third-order valence-electron chi connectivity index (χ3n) is 6.75. The van der Waals surface area contributed by atoms with Crippen LogP contribution in [-0.2, 0) is 0 Å². The standard InChI is InChI=1S/C26H24Br2N4/c1-11-12(2)19-8-21-15(5)25(27)24(31-21)10-22-16(6)26(28)23(32-22)9-20-14(4)13(3)18(30-20)7-17(11)29-19/h7-10,30-31H,1-6H3. The summed E-state index contributed by atoms with van der Waals surface area (Å²) in [6.07, 6.45) is 0. The van der Waals surface area contributed by atoms with Crippen molar-refractivity contribution >= 4 is 75.1 Å². The first-order valence-corrected chi connectivity index (χ1v) is 12.2. The van der Waals surface area contributed by atoms with Crippen LogP contribution in [0.25, 0.3) is 43.3 Å². The highest BCUT2D eigenvalue weighted by atomic mass is 79.9. The second kappa shape index (κ2) is 7.56. The summed E-state index contributed by atoms with van der Waals surface area (Å²) in [5.74, 6) is 0. The summed E-state index contributed by atoms with van der Waals surface area (Å²) in [5.41, 5.74) is 15.2. The second-order valence-corrected chi connectivity index (χ2v) is 10.2. The molecule has 32 heavy (non-hydrogen) atoms. The largest absolute Gasteiger partial charge is 0.355 e. The quantitative estimate of drug-likeness (QED) is 0.295. The van der Waals surface area contributed by atoms with E-state index in [-0.39, 0.29) is 0 Å². The Morgan fingerprint density at radius 2 is 0.938 bits per heavy atom. The molecule has 2 N–H and O–H groups in total. The van der Waals surface area contributed by atoms with Gasteiger partial charge in [0, 0.05) is 25.5 Å². The van der Waals surface area contributed by atoms with E-state index in [1.54, 1.807) is 0 Å². The first-order valence-electron chi connectivity index (χ1n) is 10.6. The lowest BCUT2D eigenvalue weighted by Crippen LogP contribution is -1.78. The summed E-state index contributed by atoms with van der Waals surface area (Å²) in [6, 6.07) is 8.52. The molecular weight excluding hydrogens is 528 g/mol. The Morgan fingerprint density at radius 1 is 0.531 bits per heavy atom. The highest BCUT2D eigenvalue weighted by Crippen LogP contribution is 2.37. The van der Waals surface area contributed by atoms with Crippen LogP contribution in [-0.4, -0.2) is 19.9 Å². The highest BCUT2D eigenvalue weighted by molar-refractivity contribution is 9.15. The van der Waals surface area contributed by atoms with Crippen LogP contribution in [0.5, 0.6) is 0 Å². The van der Waals surface area contributed by atoms with Gasteiger partial charge in [0.25, 0.3) is 0 Å². The van der Waals surface area contributed by atoms with Gasteiger partial charge in [-0.15, -0.1) is 0 Å². The molecule has 0 unspecified atom stereocenters. The van der Waals surface area contributed by atoms with Gasteiger partial charge in [-0.2, -0.15) is 0 Å². The number of rotatable bonds is 0. The minimum Gasteiger partial charge on any atom is -0.355 e. The molecule has 0 amide bonds. The molecule has 2 aliphatic rings. The van der Waals surface area contributed by atoms with E-state index in [1.807, 2.05) is 0 Å². The number of allylic oxidation sites excluding steroid dienone is 3. The fraction of sp³-hybridized carbons (Fsp3) is 0.231. The smallest absolute Gasteiger partial charge is 0.0803 e. The lowest BCUT2D eigenvalue weighted by Gasteiger charge is -1.94. The van der Waals surface area contributed by atoms with E-state index in [0.717, 1.165) is 64.9 Å². The molecule has 162 valence electrons. The number of H-pyrrole nitrogens is 2. The van der Waals surface area contributed by atoms with Crippen molar-refractivity contribution in [2.75, 3.05) is 0 Å². The second-order valence-electron chi connectivity index (χ2n) is 8.62. The molecule has 2 aliphatic heterocycles. The van der Waals surface area contributed by atoms with Crippen molar-refractivity contribution in [1.29, 1.82) is 0 Å². The molecule has 5 rings (SSSR count). The van der Waals surface area contributed by atoms with E-state index in [1.165, 1.54) is 22.3 Å². The van der Waals surface area contributed by atoms with Gasteiger partial charge in [0.05, 0.1) is 28.3 Å². The number of nitrogens with one attached hydrogen (secondary N) is 2. The molecule has 0 saturated carbocycles. The molecule has 0 atom stereocenters. The zero-order valence-electron chi connectivity index (χ0n) is 19.0. The first kappa shape index (κ1) is 21.4. The Labute approximate surface area is 204 Å². The zero-order valence-corrected chi connectivity index (χ0v) is 22.1. The van der Waals surface area contributed by atoms with E-state index in [4.69, 9.17) is 9.97 Å². The van der Waals surface area contributed by atoms with Crippen LogP contribution in [0.2, 0.25) is 0 Å². The van der Waals surface area contributed by atoms with Gasteiger partial charge in [-0.1, -0.05) is 0 Å². The summed E-state index contributed by atoms with van der Waals surface area (Å²) in [6.45, 7) is 12.8. The maximum Gasteiger partial charge on any atom is 0.0803 e. The maximum absolute atomic E-state index is 4.98. The minimum atomic E-state index is 0.920. The van der Waals surface area contributed by atoms with Crippen molar-refractivity contribution in [3.8, 4) is 0 Å². The third-order valence-corrected chi connectivity index (χ3v) is 8.78. The number of hydrogen-bond donors (Lipinski definition) is 2. The van der Waals surface area contributed by atoms with Crippen LogP contribution >= 0.6 is 31.9 Å². The Balaban J connectivity index is 1.99. The van der Waals surface area contributed by atoms with Gasteiger partial charge in [0.2, 0.25) is 0 Å². The van der Waals surface area contributed by atoms with Gasteiger partial charge >= 0.3 is 0 Å². The van der Waals surface area contributed by atoms with E-state index >= 15 is 0 Å². The van der Waals surface area contributed by atoms with Gasteiger partial charge in [-0.25, -0.2) is 9.97 Å². The summed E-state index contributed by atoms with van der Waals surface area (Å²) in [7, 11) is 0. The zero-order chi connectivity index (χ0) is 22.9. The maximum atomic E-state index is 4.98. The average molecular weight is 552 g/mol. The molecule has 0 fully saturated rings. The van der Waals surface area contributed by atoms with Crippen molar-refractivity contribution in [1.82, 2.24) is 19.9 Å². The topological polar surface area (TPSA) is 57.4 Å². The van der Waals surface area contributed by atoms with Crippen LogP contribution in [0.15, 0.2) is 28.7 Å². The van der Waals surface area contributed by atoms with Crippen LogP contribution in [0, 0.1) is 20.8 Å². The Bertz CT molecular complexity index is 1320. The Hall–Kier alpha value is -2.44.